The quantitative estimate of drug-likeness (QED) is 0.430. The average Bonchev–Trinajstić information content (AvgIpc) is 2.53. The molecule has 0 amide bonds. The molecule has 1 fully saturated rings. The van der Waals surface area contributed by atoms with E-state index >= 15 is 0 Å². The van der Waals surface area contributed by atoms with Gasteiger partial charge in [0.15, 0.2) is 0 Å². The Labute approximate surface area is 161 Å². The summed E-state index contributed by atoms with van der Waals surface area (Å²) in [6.07, 6.45) is -2.82. The van der Waals surface area contributed by atoms with Crippen molar-refractivity contribution >= 4 is 17.6 Å². The molecule has 0 radical (unpaired) electrons. The predicted molar refractivity (Wildman–Crippen MR) is 93.6 cm³/mol. The van der Waals surface area contributed by atoms with Crippen LogP contribution in [-0.4, -0.2) is 24.4 Å². The first-order valence-corrected chi connectivity index (χ1v) is 9.14. The van der Waals surface area contributed by atoms with Crippen LogP contribution in [0.1, 0.15) is 63.2 Å². The Bertz CT molecular complexity index is 689. The average molecular weight is 411 g/mol. The fourth-order valence-corrected chi connectivity index (χ4v) is 3.30. The maximum Gasteiger partial charge on any atom is 0.397 e. The van der Waals surface area contributed by atoms with E-state index in [9.17, 15) is 22.4 Å². The zero-order valence-corrected chi connectivity index (χ0v) is 16.3. The molecule has 152 valence electrons. The van der Waals surface area contributed by atoms with Crippen LogP contribution in [0.25, 0.3) is 0 Å². The van der Waals surface area contributed by atoms with Gasteiger partial charge < -0.3 is 9.47 Å². The minimum Gasteiger partial charge on any atom is -0.491 e. The van der Waals surface area contributed by atoms with E-state index in [2.05, 4.69) is 0 Å². The van der Waals surface area contributed by atoms with Crippen molar-refractivity contribution in [3.8, 4) is 5.75 Å². The second kappa shape index (κ2) is 7.86. The Balaban J connectivity index is 2.20. The first-order valence-electron chi connectivity index (χ1n) is 8.77. The topological polar surface area (TPSA) is 35.5 Å². The molecule has 2 rings (SSSR count). The third-order valence-corrected chi connectivity index (χ3v) is 4.85. The molecule has 0 heterocycles. The van der Waals surface area contributed by atoms with Gasteiger partial charge in [-0.15, -0.1) is 0 Å². The maximum absolute atomic E-state index is 14.3. The zero-order chi connectivity index (χ0) is 20.5. The number of ether oxygens (including phenoxy) is 2. The number of halogens is 5. The van der Waals surface area contributed by atoms with Gasteiger partial charge >= 0.3 is 12.1 Å². The number of carbonyl (C=O) groups excluding carboxylic acids is 1. The summed E-state index contributed by atoms with van der Waals surface area (Å²) in [6, 6.07) is 1.84. The van der Waals surface area contributed by atoms with Crippen LogP contribution in [-0.2, 0) is 4.74 Å². The molecule has 0 bridgehead atoms. The van der Waals surface area contributed by atoms with E-state index in [4.69, 9.17) is 21.1 Å². The second-order valence-electron chi connectivity index (χ2n) is 7.89. The van der Waals surface area contributed by atoms with Crippen LogP contribution in [0, 0.1) is 11.2 Å². The molecule has 0 atom stereocenters. The van der Waals surface area contributed by atoms with Gasteiger partial charge in [0.05, 0.1) is 16.0 Å². The van der Waals surface area contributed by atoms with Crippen LogP contribution in [0.4, 0.5) is 17.6 Å². The monoisotopic (exact) mass is 410 g/mol. The highest BCUT2D eigenvalue weighted by atomic mass is 35.5. The van der Waals surface area contributed by atoms with E-state index in [1.165, 1.54) is 0 Å². The lowest BCUT2D eigenvalue weighted by atomic mass is 9.74. The number of rotatable bonds is 4. The summed E-state index contributed by atoms with van der Waals surface area (Å²) in [5.41, 5.74) is -3.19. The standard InChI is InChI=1S/C19H23ClF4O3/c1-17(2,3)27-16(25)12-9-13(20)15(10-14(12)21)26-11-18(19(22,23)24)7-5-4-6-8-18/h9-10H,4-8,11H2,1-3H3. The van der Waals surface area contributed by atoms with E-state index in [-0.39, 0.29) is 23.6 Å². The lowest BCUT2D eigenvalue weighted by molar-refractivity contribution is -0.243. The zero-order valence-electron chi connectivity index (χ0n) is 15.5. The van der Waals surface area contributed by atoms with E-state index in [0.717, 1.165) is 18.6 Å². The Morgan fingerprint density at radius 2 is 1.74 bits per heavy atom. The third kappa shape index (κ3) is 5.27. The van der Waals surface area contributed by atoms with E-state index in [1.54, 1.807) is 20.8 Å². The number of hydrogen-bond donors (Lipinski definition) is 0. The van der Waals surface area contributed by atoms with Crippen LogP contribution in [0.3, 0.4) is 0 Å². The van der Waals surface area contributed by atoms with Crippen molar-refractivity contribution in [1.82, 2.24) is 0 Å². The van der Waals surface area contributed by atoms with Gasteiger partial charge in [-0.05, 0) is 39.7 Å². The van der Waals surface area contributed by atoms with Crippen LogP contribution >= 0.6 is 11.6 Å². The van der Waals surface area contributed by atoms with Gasteiger partial charge in [0.25, 0.3) is 0 Å². The fraction of sp³-hybridized carbons (Fsp3) is 0.632. The van der Waals surface area contributed by atoms with Gasteiger partial charge in [0.1, 0.15) is 23.8 Å². The Morgan fingerprint density at radius 3 is 2.26 bits per heavy atom. The minimum absolute atomic E-state index is 0.0351. The summed E-state index contributed by atoms with van der Waals surface area (Å²) >= 11 is 6.01. The van der Waals surface area contributed by atoms with E-state index < -0.39 is 41.1 Å². The molecule has 0 aliphatic heterocycles. The van der Waals surface area contributed by atoms with Crippen LogP contribution in [0.15, 0.2) is 12.1 Å². The van der Waals surface area contributed by atoms with Gasteiger partial charge in [-0.3, -0.25) is 0 Å². The van der Waals surface area contributed by atoms with Gasteiger partial charge in [0.2, 0.25) is 0 Å². The van der Waals surface area contributed by atoms with Gasteiger partial charge in [-0.25, -0.2) is 9.18 Å². The molecule has 0 saturated heterocycles. The van der Waals surface area contributed by atoms with E-state index in [0.29, 0.717) is 12.8 Å². The van der Waals surface area contributed by atoms with Crippen molar-refractivity contribution in [1.29, 1.82) is 0 Å². The molecule has 1 aromatic carbocycles. The lowest BCUT2D eigenvalue weighted by Crippen LogP contribution is -2.44. The third-order valence-electron chi connectivity index (χ3n) is 4.56. The van der Waals surface area contributed by atoms with Crippen LogP contribution < -0.4 is 4.74 Å². The Kier molecular flexibility index (Phi) is 6.34. The van der Waals surface area contributed by atoms with Crippen molar-refractivity contribution in [2.75, 3.05) is 6.61 Å². The molecule has 0 unspecified atom stereocenters. The predicted octanol–water partition coefficient (Wildman–Crippen LogP) is 6.33. The SMILES string of the molecule is CC(C)(C)OC(=O)c1cc(Cl)c(OCC2(C(F)(F)F)CCCCC2)cc1F. The fourth-order valence-electron chi connectivity index (χ4n) is 3.08. The Hall–Kier alpha value is -1.50. The van der Waals surface area contributed by atoms with Gasteiger partial charge in [-0.2, -0.15) is 13.2 Å². The van der Waals surface area contributed by atoms with Crippen molar-refractivity contribution in [2.24, 2.45) is 5.41 Å². The number of hydrogen-bond acceptors (Lipinski definition) is 3. The molecule has 1 saturated carbocycles. The summed E-state index contributed by atoms with van der Waals surface area (Å²) in [4.78, 5) is 12.0. The number of alkyl halides is 3. The Morgan fingerprint density at radius 1 is 1.15 bits per heavy atom. The van der Waals surface area contributed by atoms with Crippen molar-refractivity contribution in [3.63, 3.8) is 0 Å². The highest BCUT2D eigenvalue weighted by Crippen LogP contribution is 2.49. The molecule has 0 aromatic heterocycles. The highest BCUT2D eigenvalue weighted by molar-refractivity contribution is 6.32. The molecule has 3 nitrogen and oxygen atoms in total. The normalized spacial score (nSPS) is 17.5. The molecule has 1 aliphatic carbocycles. The van der Waals surface area contributed by atoms with E-state index in [1.807, 2.05) is 0 Å². The summed E-state index contributed by atoms with van der Waals surface area (Å²) in [5.74, 6) is -2.10. The van der Waals surface area contributed by atoms with Crippen LogP contribution in [0.2, 0.25) is 5.02 Å². The van der Waals surface area contributed by atoms with Crippen molar-refractivity contribution < 1.29 is 31.8 Å². The summed E-state index contributed by atoms with van der Waals surface area (Å²) in [5, 5.41) is -0.148. The molecular formula is C19H23ClF4O3. The van der Waals surface area contributed by atoms with Gasteiger partial charge in [0, 0.05) is 6.07 Å². The second-order valence-corrected chi connectivity index (χ2v) is 8.30. The molecule has 0 spiro atoms. The minimum atomic E-state index is -4.42. The number of esters is 1. The maximum atomic E-state index is 14.3. The summed E-state index contributed by atoms with van der Waals surface area (Å²) in [6.45, 7) is 4.25. The molecule has 1 aliphatic rings. The van der Waals surface area contributed by atoms with Crippen molar-refractivity contribution in [2.45, 2.75) is 64.7 Å². The summed E-state index contributed by atoms with van der Waals surface area (Å²) < 4.78 is 65.3. The molecule has 0 N–H and O–H groups in total. The smallest absolute Gasteiger partial charge is 0.397 e. The van der Waals surface area contributed by atoms with Crippen molar-refractivity contribution in [3.05, 3.63) is 28.5 Å². The van der Waals surface area contributed by atoms with Crippen LogP contribution in [0.5, 0.6) is 5.75 Å². The molecule has 1 aromatic rings. The number of carbonyl (C=O) groups is 1. The molecule has 8 heteroatoms. The largest absolute Gasteiger partial charge is 0.491 e. The first-order chi connectivity index (χ1) is 12.3. The lowest BCUT2D eigenvalue weighted by Gasteiger charge is -2.38. The first kappa shape index (κ1) is 21.8. The molecular weight excluding hydrogens is 388 g/mol. The molecule has 27 heavy (non-hydrogen) atoms. The number of benzene rings is 1. The summed E-state index contributed by atoms with van der Waals surface area (Å²) in [7, 11) is 0. The van der Waals surface area contributed by atoms with Gasteiger partial charge in [-0.1, -0.05) is 30.9 Å². The highest BCUT2D eigenvalue weighted by Gasteiger charge is 2.55.